The van der Waals surface area contributed by atoms with Crippen LogP contribution in [-0.4, -0.2) is 51.3 Å². The minimum absolute atomic E-state index is 0.413. The van der Waals surface area contributed by atoms with Gasteiger partial charge in [-0.05, 0) is 43.7 Å². The van der Waals surface area contributed by atoms with E-state index < -0.39 is 0 Å². The van der Waals surface area contributed by atoms with E-state index in [-0.39, 0.29) is 0 Å². The number of ether oxygens (including phenoxy) is 1. The van der Waals surface area contributed by atoms with E-state index in [0.29, 0.717) is 5.41 Å². The summed E-state index contributed by atoms with van der Waals surface area (Å²) in [4.78, 5) is 2.51. The van der Waals surface area contributed by atoms with Crippen LogP contribution < -0.4 is 5.32 Å². The van der Waals surface area contributed by atoms with Crippen LogP contribution >= 0.6 is 0 Å². The Kier molecular flexibility index (Phi) is 7.33. The summed E-state index contributed by atoms with van der Waals surface area (Å²) in [6, 6.07) is 0. The molecule has 0 saturated carbocycles. The van der Waals surface area contributed by atoms with Gasteiger partial charge in [-0.15, -0.1) is 0 Å². The molecule has 1 N–H and O–H groups in total. The Morgan fingerprint density at radius 1 is 1.11 bits per heavy atom. The predicted octanol–water partition coefficient (Wildman–Crippen LogP) is 2.62. The molecule has 0 aromatic carbocycles. The third-order valence-corrected chi connectivity index (χ3v) is 3.89. The Morgan fingerprint density at radius 2 is 1.74 bits per heavy atom. The number of hydrogen-bond acceptors (Lipinski definition) is 3. The summed E-state index contributed by atoms with van der Waals surface area (Å²) in [7, 11) is 2.26. The van der Waals surface area contributed by atoms with E-state index in [2.05, 4.69) is 45.0 Å². The van der Waals surface area contributed by atoms with Crippen molar-refractivity contribution >= 4 is 0 Å². The van der Waals surface area contributed by atoms with Crippen LogP contribution in [0.2, 0.25) is 0 Å². The molecule has 1 fully saturated rings. The van der Waals surface area contributed by atoms with Gasteiger partial charge in [-0.25, -0.2) is 0 Å². The largest absolute Gasteiger partial charge is 0.381 e. The summed E-state index contributed by atoms with van der Waals surface area (Å²) in [6.45, 7) is 15.6. The van der Waals surface area contributed by atoms with Crippen molar-refractivity contribution < 1.29 is 4.74 Å². The molecule has 0 amide bonds. The standard InChI is InChI=1S/C16H34N2O/c1-14(2)10-17-12-16(6-8-19-9-7-16)13-18(5)11-15(3)4/h14-15,17H,6-13H2,1-5H3. The molecule has 0 aromatic rings. The highest BCUT2D eigenvalue weighted by Gasteiger charge is 2.33. The van der Waals surface area contributed by atoms with E-state index >= 15 is 0 Å². The van der Waals surface area contributed by atoms with Crippen molar-refractivity contribution in [3.05, 3.63) is 0 Å². The van der Waals surface area contributed by atoms with Crippen molar-refractivity contribution in [1.29, 1.82) is 0 Å². The van der Waals surface area contributed by atoms with Crippen LogP contribution in [0.25, 0.3) is 0 Å². The van der Waals surface area contributed by atoms with Crippen LogP contribution in [0.4, 0.5) is 0 Å². The van der Waals surface area contributed by atoms with Gasteiger partial charge in [0, 0.05) is 32.8 Å². The number of rotatable bonds is 8. The van der Waals surface area contributed by atoms with E-state index in [1.807, 2.05) is 0 Å². The van der Waals surface area contributed by atoms with Gasteiger partial charge in [0.15, 0.2) is 0 Å². The Balaban J connectivity index is 2.49. The van der Waals surface area contributed by atoms with Gasteiger partial charge in [-0.3, -0.25) is 0 Å². The summed E-state index contributed by atoms with van der Waals surface area (Å²) < 4.78 is 5.57. The number of nitrogens with one attached hydrogen (secondary N) is 1. The normalized spacial score (nSPS) is 19.6. The third kappa shape index (κ3) is 6.73. The lowest BCUT2D eigenvalue weighted by molar-refractivity contribution is -0.00206. The summed E-state index contributed by atoms with van der Waals surface area (Å²) in [5.74, 6) is 1.47. The van der Waals surface area contributed by atoms with Crippen molar-refractivity contribution in [2.75, 3.05) is 46.4 Å². The minimum Gasteiger partial charge on any atom is -0.381 e. The maximum atomic E-state index is 5.57. The van der Waals surface area contributed by atoms with Gasteiger partial charge in [-0.2, -0.15) is 0 Å². The van der Waals surface area contributed by atoms with Crippen LogP contribution in [0.1, 0.15) is 40.5 Å². The topological polar surface area (TPSA) is 24.5 Å². The van der Waals surface area contributed by atoms with Crippen molar-refractivity contribution in [2.24, 2.45) is 17.3 Å². The molecule has 1 rings (SSSR count). The number of hydrogen-bond donors (Lipinski definition) is 1. The Bertz CT molecular complexity index is 235. The molecule has 0 aliphatic carbocycles. The van der Waals surface area contributed by atoms with Crippen molar-refractivity contribution in [2.45, 2.75) is 40.5 Å². The van der Waals surface area contributed by atoms with Crippen molar-refractivity contribution in [3.8, 4) is 0 Å². The molecule has 1 saturated heterocycles. The molecule has 19 heavy (non-hydrogen) atoms. The molecule has 0 spiro atoms. The van der Waals surface area contributed by atoms with E-state index in [4.69, 9.17) is 4.74 Å². The Morgan fingerprint density at radius 3 is 2.26 bits per heavy atom. The lowest BCUT2D eigenvalue weighted by atomic mass is 9.79. The van der Waals surface area contributed by atoms with Crippen LogP contribution in [0.3, 0.4) is 0 Å². The lowest BCUT2D eigenvalue weighted by Gasteiger charge is -2.41. The first-order valence-electron chi connectivity index (χ1n) is 7.90. The lowest BCUT2D eigenvalue weighted by Crippen LogP contribution is -2.47. The molecule has 114 valence electrons. The molecule has 1 aliphatic rings. The van der Waals surface area contributed by atoms with Gasteiger partial charge < -0.3 is 15.0 Å². The second kappa shape index (κ2) is 8.23. The first kappa shape index (κ1) is 16.9. The quantitative estimate of drug-likeness (QED) is 0.734. The summed E-state index contributed by atoms with van der Waals surface area (Å²) in [5.41, 5.74) is 0.413. The van der Waals surface area contributed by atoms with Crippen LogP contribution in [-0.2, 0) is 4.74 Å². The molecular weight excluding hydrogens is 236 g/mol. The van der Waals surface area contributed by atoms with Gasteiger partial charge >= 0.3 is 0 Å². The molecule has 1 heterocycles. The second-order valence-corrected chi connectivity index (χ2v) is 7.23. The van der Waals surface area contributed by atoms with Crippen molar-refractivity contribution in [1.82, 2.24) is 10.2 Å². The molecule has 0 bridgehead atoms. The average Bonchev–Trinajstić information content (AvgIpc) is 2.28. The van der Waals surface area contributed by atoms with Gasteiger partial charge in [-0.1, -0.05) is 27.7 Å². The molecule has 0 aromatic heterocycles. The molecular formula is C16H34N2O. The van der Waals surface area contributed by atoms with Crippen LogP contribution in [0.15, 0.2) is 0 Å². The minimum atomic E-state index is 0.413. The fourth-order valence-electron chi connectivity index (χ4n) is 3.08. The fourth-order valence-corrected chi connectivity index (χ4v) is 3.08. The first-order valence-corrected chi connectivity index (χ1v) is 7.90. The average molecular weight is 270 g/mol. The molecule has 0 unspecified atom stereocenters. The van der Waals surface area contributed by atoms with Gasteiger partial charge in [0.2, 0.25) is 0 Å². The third-order valence-electron chi connectivity index (χ3n) is 3.89. The van der Waals surface area contributed by atoms with Crippen molar-refractivity contribution in [3.63, 3.8) is 0 Å². The summed E-state index contributed by atoms with van der Waals surface area (Å²) in [5, 5.41) is 3.67. The zero-order valence-corrected chi connectivity index (χ0v) is 13.7. The molecule has 0 radical (unpaired) electrons. The van der Waals surface area contributed by atoms with E-state index in [1.54, 1.807) is 0 Å². The van der Waals surface area contributed by atoms with Crippen LogP contribution in [0.5, 0.6) is 0 Å². The predicted molar refractivity (Wildman–Crippen MR) is 82.5 cm³/mol. The monoisotopic (exact) mass is 270 g/mol. The number of nitrogens with zero attached hydrogens (tertiary/aromatic N) is 1. The zero-order chi connectivity index (χ0) is 14.3. The molecule has 0 atom stereocenters. The first-order chi connectivity index (χ1) is 8.93. The summed E-state index contributed by atoms with van der Waals surface area (Å²) in [6.07, 6.45) is 2.39. The van der Waals surface area contributed by atoms with E-state index in [9.17, 15) is 0 Å². The smallest absolute Gasteiger partial charge is 0.0472 e. The Hall–Kier alpha value is -0.120. The zero-order valence-electron chi connectivity index (χ0n) is 13.7. The molecule has 3 heteroatoms. The van der Waals surface area contributed by atoms with Gasteiger partial charge in [0.25, 0.3) is 0 Å². The highest BCUT2D eigenvalue weighted by Crippen LogP contribution is 2.31. The van der Waals surface area contributed by atoms with E-state index in [1.165, 1.54) is 25.9 Å². The highest BCUT2D eigenvalue weighted by atomic mass is 16.5. The highest BCUT2D eigenvalue weighted by molar-refractivity contribution is 4.87. The van der Waals surface area contributed by atoms with Crippen LogP contribution in [0, 0.1) is 17.3 Å². The maximum Gasteiger partial charge on any atom is 0.0472 e. The fraction of sp³-hybridized carbons (Fsp3) is 1.00. The maximum absolute atomic E-state index is 5.57. The van der Waals surface area contributed by atoms with Gasteiger partial charge in [0.05, 0.1) is 0 Å². The molecule has 1 aliphatic heterocycles. The SMILES string of the molecule is CC(C)CNCC1(CN(C)CC(C)C)CCOCC1. The second-order valence-electron chi connectivity index (χ2n) is 7.23. The summed E-state index contributed by atoms with van der Waals surface area (Å²) >= 11 is 0. The van der Waals surface area contributed by atoms with Gasteiger partial charge in [0.1, 0.15) is 0 Å². The molecule has 3 nitrogen and oxygen atoms in total. The van der Waals surface area contributed by atoms with E-state index in [0.717, 1.165) is 38.1 Å². The Labute approximate surface area is 120 Å².